The topological polar surface area (TPSA) is 73.2 Å². The number of hydrogen-bond acceptors (Lipinski definition) is 4. The number of aromatic nitrogens is 1. The molecule has 0 aliphatic heterocycles. The molecule has 98 valence electrons. The van der Waals surface area contributed by atoms with Crippen molar-refractivity contribution < 1.29 is 4.42 Å². The standard InChI is InChI=1S/C13H19N3O2/c1-13(2,6-7-14)15-9-4-5-10-11(8-9)18-12(17)16(10)3/h4-5,8,15H,6-7,14H2,1-3H3. The molecule has 5 nitrogen and oxygen atoms in total. The maximum atomic E-state index is 11.4. The van der Waals surface area contributed by atoms with E-state index in [1.807, 2.05) is 18.2 Å². The van der Waals surface area contributed by atoms with Crippen molar-refractivity contribution >= 4 is 16.8 Å². The van der Waals surface area contributed by atoms with Crippen molar-refractivity contribution in [2.75, 3.05) is 11.9 Å². The van der Waals surface area contributed by atoms with Crippen molar-refractivity contribution in [1.29, 1.82) is 0 Å². The fourth-order valence-corrected chi connectivity index (χ4v) is 2.03. The molecule has 0 saturated carbocycles. The van der Waals surface area contributed by atoms with Crippen LogP contribution in [0.4, 0.5) is 5.69 Å². The van der Waals surface area contributed by atoms with E-state index in [1.165, 1.54) is 4.57 Å². The van der Waals surface area contributed by atoms with E-state index in [9.17, 15) is 4.79 Å². The fourth-order valence-electron chi connectivity index (χ4n) is 2.03. The summed E-state index contributed by atoms with van der Waals surface area (Å²) in [4.78, 5) is 11.4. The van der Waals surface area contributed by atoms with Crippen molar-refractivity contribution in [2.45, 2.75) is 25.8 Å². The normalized spacial score (nSPS) is 12.0. The number of oxazole rings is 1. The molecule has 0 amide bonds. The van der Waals surface area contributed by atoms with Crippen molar-refractivity contribution in [3.63, 3.8) is 0 Å². The SMILES string of the molecule is Cn1c(=O)oc2cc(NC(C)(C)CCN)ccc21. The molecule has 0 bridgehead atoms. The van der Waals surface area contributed by atoms with Crippen LogP contribution in [0.25, 0.3) is 11.1 Å². The second kappa shape index (κ2) is 4.49. The first-order valence-electron chi connectivity index (χ1n) is 6.01. The van der Waals surface area contributed by atoms with Gasteiger partial charge in [0.2, 0.25) is 0 Å². The molecule has 0 spiro atoms. The Labute approximate surface area is 106 Å². The minimum absolute atomic E-state index is 0.0858. The molecule has 0 radical (unpaired) electrons. The van der Waals surface area contributed by atoms with Gasteiger partial charge in [0, 0.05) is 24.3 Å². The Balaban J connectivity index is 2.33. The van der Waals surface area contributed by atoms with Crippen LogP contribution in [0.15, 0.2) is 27.4 Å². The zero-order valence-corrected chi connectivity index (χ0v) is 11.0. The van der Waals surface area contributed by atoms with Gasteiger partial charge in [0.1, 0.15) is 0 Å². The van der Waals surface area contributed by atoms with Crippen molar-refractivity contribution in [3.8, 4) is 0 Å². The van der Waals surface area contributed by atoms with E-state index < -0.39 is 0 Å². The third-order valence-corrected chi connectivity index (χ3v) is 3.04. The molecule has 1 heterocycles. The van der Waals surface area contributed by atoms with Gasteiger partial charge in [0.15, 0.2) is 5.58 Å². The lowest BCUT2D eigenvalue weighted by atomic mass is 10.0. The van der Waals surface area contributed by atoms with Crippen molar-refractivity contribution in [1.82, 2.24) is 4.57 Å². The number of nitrogens with zero attached hydrogens (tertiary/aromatic N) is 1. The lowest BCUT2D eigenvalue weighted by Crippen LogP contribution is -2.33. The molecular weight excluding hydrogens is 230 g/mol. The summed E-state index contributed by atoms with van der Waals surface area (Å²) in [6.45, 7) is 4.80. The molecule has 0 saturated heterocycles. The number of nitrogens with one attached hydrogen (secondary N) is 1. The van der Waals surface area contributed by atoms with Gasteiger partial charge in [-0.1, -0.05) is 0 Å². The molecule has 0 atom stereocenters. The molecule has 2 rings (SSSR count). The predicted octanol–water partition coefficient (Wildman–Crippen LogP) is 1.67. The van der Waals surface area contributed by atoms with E-state index in [0.29, 0.717) is 12.1 Å². The third-order valence-electron chi connectivity index (χ3n) is 3.04. The predicted molar refractivity (Wildman–Crippen MR) is 72.8 cm³/mol. The van der Waals surface area contributed by atoms with Crippen LogP contribution < -0.4 is 16.8 Å². The number of fused-ring (bicyclic) bond motifs is 1. The second-order valence-electron chi connectivity index (χ2n) is 5.16. The summed E-state index contributed by atoms with van der Waals surface area (Å²) in [6, 6.07) is 5.66. The van der Waals surface area contributed by atoms with Crippen LogP contribution in [0.5, 0.6) is 0 Å². The highest BCUT2D eigenvalue weighted by Gasteiger charge is 2.16. The van der Waals surface area contributed by atoms with Gasteiger partial charge in [-0.3, -0.25) is 4.57 Å². The van der Waals surface area contributed by atoms with Crippen molar-refractivity contribution in [2.24, 2.45) is 12.8 Å². The largest absolute Gasteiger partial charge is 0.419 e. The highest BCUT2D eigenvalue weighted by atomic mass is 16.4. The lowest BCUT2D eigenvalue weighted by molar-refractivity contribution is 0.523. The molecule has 18 heavy (non-hydrogen) atoms. The third kappa shape index (κ3) is 2.41. The van der Waals surface area contributed by atoms with Gasteiger partial charge in [-0.25, -0.2) is 4.79 Å². The Morgan fingerprint density at radius 2 is 2.17 bits per heavy atom. The van der Waals surface area contributed by atoms with E-state index in [-0.39, 0.29) is 11.3 Å². The minimum Gasteiger partial charge on any atom is -0.408 e. The molecule has 2 aromatic rings. The van der Waals surface area contributed by atoms with E-state index in [1.54, 1.807) is 7.05 Å². The maximum Gasteiger partial charge on any atom is 0.419 e. The first-order chi connectivity index (χ1) is 8.43. The van der Waals surface area contributed by atoms with Crippen LogP contribution in [0, 0.1) is 0 Å². The minimum atomic E-state index is -0.344. The fraction of sp³-hybridized carbons (Fsp3) is 0.462. The molecule has 0 unspecified atom stereocenters. The van der Waals surface area contributed by atoms with Gasteiger partial charge in [0.05, 0.1) is 5.52 Å². The number of hydrogen-bond donors (Lipinski definition) is 2. The van der Waals surface area contributed by atoms with Gasteiger partial charge in [-0.15, -0.1) is 0 Å². The quantitative estimate of drug-likeness (QED) is 0.864. The van der Waals surface area contributed by atoms with Crippen LogP contribution in [0.2, 0.25) is 0 Å². The highest BCUT2D eigenvalue weighted by molar-refractivity contribution is 5.77. The second-order valence-corrected chi connectivity index (χ2v) is 5.16. The van der Waals surface area contributed by atoms with Crippen LogP contribution in [0.3, 0.4) is 0 Å². The first-order valence-corrected chi connectivity index (χ1v) is 6.01. The molecule has 0 aliphatic rings. The number of rotatable bonds is 4. The van der Waals surface area contributed by atoms with Gasteiger partial charge in [-0.2, -0.15) is 0 Å². The summed E-state index contributed by atoms with van der Waals surface area (Å²) in [5, 5.41) is 3.39. The zero-order chi connectivity index (χ0) is 13.3. The van der Waals surface area contributed by atoms with E-state index in [0.717, 1.165) is 17.6 Å². The van der Waals surface area contributed by atoms with Crippen LogP contribution in [-0.4, -0.2) is 16.7 Å². The summed E-state index contributed by atoms with van der Waals surface area (Å²) < 4.78 is 6.65. The first kappa shape index (κ1) is 12.7. The molecule has 1 aromatic heterocycles. The Hall–Kier alpha value is -1.75. The van der Waals surface area contributed by atoms with E-state index in [2.05, 4.69) is 19.2 Å². The van der Waals surface area contributed by atoms with Crippen LogP contribution in [-0.2, 0) is 7.05 Å². The molecule has 3 N–H and O–H groups in total. The van der Waals surface area contributed by atoms with Gasteiger partial charge < -0.3 is 15.5 Å². The summed E-state index contributed by atoms with van der Waals surface area (Å²) in [5.74, 6) is -0.344. The van der Waals surface area contributed by atoms with Gasteiger partial charge in [0.25, 0.3) is 0 Å². The molecular formula is C13H19N3O2. The Morgan fingerprint density at radius 1 is 1.44 bits per heavy atom. The Morgan fingerprint density at radius 3 is 2.83 bits per heavy atom. The highest BCUT2D eigenvalue weighted by Crippen LogP contribution is 2.22. The average Bonchev–Trinajstić information content (AvgIpc) is 2.53. The Kier molecular flexibility index (Phi) is 3.17. The Bertz CT molecular complexity index is 610. The summed E-state index contributed by atoms with van der Waals surface area (Å²) in [5.41, 5.74) is 7.81. The van der Waals surface area contributed by atoms with Crippen LogP contribution in [0.1, 0.15) is 20.3 Å². The van der Waals surface area contributed by atoms with Gasteiger partial charge >= 0.3 is 5.76 Å². The molecule has 5 heteroatoms. The number of nitrogens with two attached hydrogens (primary N) is 1. The lowest BCUT2D eigenvalue weighted by Gasteiger charge is -2.26. The number of benzene rings is 1. The smallest absolute Gasteiger partial charge is 0.408 e. The van der Waals surface area contributed by atoms with Crippen LogP contribution >= 0.6 is 0 Å². The van der Waals surface area contributed by atoms with Gasteiger partial charge in [-0.05, 0) is 38.9 Å². The van der Waals surface area contributed by atoms with E-state index in [4.69, 9.17) is 10.2 Å². The summed E-state index contributed by atoms with van der Waals surface area (Å²) in [7, 11) is 1.69. The summed E-state index contributed by atoms with van der Waals surface area (Å²) >= 11 is 0. The zero-order valence-electron chi connectivity index (χ0n) is 11.0. The van der Waals surface area contributed by atoms with E-state index >= 15 is 0 Å². The maximum absolute atomic E-state index is 11.4. The van der Waals surface area contributed by atoms with Crippen molar-refractivity contribution in [3.05, 3.63) is 28.7 Å². The summed E-state index contributed by atoms with van der Waals surface area (Å²) in [6.07, 6.45) is 0.865. The molecule has 1 aromatic carbocycles. The molecule has 0 fully saturated rings. The monoisotopic (exact) mass is 249 g/mol. The number of anilines is 1. The average molecular weight is 249 g/mol. The molecule has 0 aliphatic carbocycles. The number of aryl methyl sites for hydroxylation is 1.